The third-order valence-electron chi connectivity index (χ3n) is 3.77. The summed E-state index contributed by atoms with van der Waals surface area (Å²) in [6, 6.07) is 6.40. The second kappa shape index (κ2) is 7.30. The van der Waals surface area contributed by atoms with Gasteiger partial charge in [-0.15, -0.1) is 0 Å². The molecule has 1 aromatic carbocycles. The van der Waals surface area contributed by atoms with Crippen molar-refractivity contribution in [1.82, 2.24) is 4.98 Å². The molecule has 2 aromatic rings. The highest BCUT2D eigenvalue weighted by molar-refractivity contribution is 5.99. The molecule has 2 N–H and O–H groups in total. The maximum Gasteiger partial charge on any atom is 0.355 e. The van der Waals surface area contributed by atoms with Crippen LogP contribution in [-0.2, 0) is 9.53 Å². The van der Waals surface area contributed by atoms with Crippen molar-refractivity contribution in [3.8, 4) is 11.5 Å². The Hall–Kier alpha value is -3.29. The first-order valence-electron chi connectivity index (χ1n) is 8.05. The van der Waals surface area contributed by atoms with Gasteiger partial charge in [0.1, 0.15) is 18.9 Å². The molecule has 0 unspecified atom stereocenters. The van der Waals surface area contributed by atoms with Crippen LogP contribution in [0.4, 0.5) is 5.69 Å². The van der Waals surface area contributed by atoms with Crippen LogP contribution >= 0.6 is 0 Å². The van der Waals surface area contributed by atoms with Crippen molar-refractivity contribution in [3.05, 3.63) is 41.7 Å². The number of nitrogens with one attached hydrogen (secondary N) is 2. The summed E-state index contributed by atoms with van der Waals surface area (Å²) in [5.74, 6) is -0.232. The molecule has 8 nitrogen and oxygen atoms in total. The molecule has 0 radical (unpaired) electrons. The number of hydrogen-bond donors (Lipinski definition) is 2. The molecular weight excluding hydrogens is 340 g/mol. The fourth-order valence-electron chi connectivity index (χ4n) is 2.36. The first-order valence-corrected chi connectivity index (χ1v) is 8.05. The predicted octanol–water partition coefficient (Wildman–Crippen LogP) is 2.17. The Labute approximate surface area is 149 Å². The van der Waals surface area contributed by atoms with Crippen molar-refractivity contribution in [2.75, 3.05) is 18.5 Å². The summed E-state index contributed by atoms with van der Waals surface area (Å²) in [6.07, 6.45) is 0.388. The number of aromatic nitrogens is 1. The smallest absolute Gasteiger partial charge is 0.355 e. The van der Waals surface area contributed by atoms with Crippen molar-refractivity contribution in [3.63, 3.8) is 0 Å². The fourth-order valence-corrected chi connectivity index (χ4v) is 2.36. The number of esters is 1. The van der Waals surface area contributed by atoms with E-state index in [1.165, 1.54) is 26.1 Å². The van der Waals surface area contributed by atoms with Crippen molar-refractivity contribution < 1.29 is 28.6 Å². The lowest BCUT2D eigenvalue weighted by molar-refractivity contribution is -0.123. The molecule has 26 heavy (non-hydrogen) atoms. The van der Waals surface area contributed by atoms with Gasteiger partial charge in [-0.05, 0) is 32.0 Å². The van der Waals surface area contributed by atoms with E-state index in [1.54, 1.807) is 18.2 Å². The minimum absolute atomic E-state index is 0.106. The molecule has 136 valence electrons. The molecule has 2 heterocycles. The lowest BCUT2D eigenvalue weighted by atomic mass is 10.2. The topological polar surface area (TPSA) is 107 Å². The number of carbonyl (C=O) groups is 3. The van der Waals surface area contributed by atoms with Crippen LogP contribution < -0.4 is 14.8 Å². The molecule has 0 bridgehead atoms. The van der Waals surface area contributed by atoms with Gasteiger partial charge in [0.15, 0.2) is 23.4 Å². The lowest BCUT2D eigenvalue weighted by Crippen LogP contribution is -2.30. The molecule has 3 rings (SSSR count). The second-order valence-corrected chi connectivity index (χ2v) is 5.75. The molecule has 0 saturated heterocycles. The van der Waals surface area contributed by atoms with Crippen LogP contribution in [0.25, 0.3) is 0 Å². The van der Waals surface area contributed by atoms with E-state index in [0.717, 1.165) is 0 Å². The third kappa shape index (κ3) is 3.85. The number of Topliss-reactive ketones (excluding diaryl/α,β-unsaturated/α-hetero) is 1. The number of benzene rings is 1. The van der Waals surface area contributed by atoms with E-state index in [2.05, 4.69) is 10.3 Å². The zero-order valence-electron chi connectivity index (χ0n) is 14.3. The standard InChI is InChI=1S/C18H18N2O6/c1-10(21)12-7-14(19-9-12)18(23)26-11(2)17(22)20-13-3-4-15-16(8-13)25-6-5-24-15/h3-4,7-9,11,19H,5-6H2,1-2H3,(H,20,22)/t11-/m1/s1. The van der Waals surface area contributed by atoms with Gasteiger partial charge in [0, 0.05) is 23.5 Å². The summed E-state index contributed by atoms with van der Waals surface area (Å²) in [7, 11) is 0. The number of fused-ring (bicyclic) bond motifs is 1. The Kier molecular flexibility index (Phi) is 4.92. The van der Waals surface area contributed by atoms with Crippen LogP contribution in [0.2, 0.25) is 0 Å². The number of aromatic amines is 1. The first-order chi connectivity index (χ1) is 12.4. The highest BCUT2D eigenvalue weighted by Crippen LogP contribution is 2.32. The number of amides is 1. The summed E-state index contributed by atoms with van der Waals surface area (Å²) >= 11 is 0. The van der Waals surface area contributed by atoms with Gasteiger partial charge in [-0.1, -0.05) is 0 Å². The Bertz CT molecular complexity index is 857. The summed E-state index contributed by atoms with van der Waals surface area (Å²) in [5.41, 5.74) is 0.973. The molecule has 0 saturated carbocycles. The normalized spacial score (nSPS) is 13.6. The summed E-state index contributed by atoms with van der Waals surface area (Å²) < 4.78 is 16.0. The van der Waals surface area contributed by atoms with Gasteiger partial charge in [0.25, 0.3) is 5.91 Å². The van der Waals surface area contributed by atoms with Gasteiger partial charge in [0.2, 0.25) is 0 Å². The number of H-pyrrole nitrogens is 1. The minimum atomic E-state index is -1.03. The monoisotopic (exact) mass is 358 g/mol. The molecule has 1 aliphatic rings. The van der Waals surface area contributed by atoms with Gasteiger partial charge in [-0.3, -0.25) is 9.59 Å². The van der Waals surface area contributed by atoms with Crippen LogP contribution in [-0.4, -0.2) is 42.0 Å². The van der Waals surface area contributed by atoms with Gasteiger partial charge in [0.05, 0.1) is 0 Å². The summed E-state index contributed by atoms with van der Waals surface area (Å²) in [4.78, 5) is 38.2. The number of carbonyl (C=O) groups excluding carboxylic acids is 3. The zero-order chi connectivity index (χ0) is 18.7. The van der Waals surface area contributed by atoms with Crippen LogP contribution in [0.15, 0.2) is 30.5 Å². The van der Waals surface area contributed by atoms with E-state index < -0.39 is 18.0 Å². The largest absolute Gasteiger partial charge is 0.486 e. The van der Waals surface area contributed by atoms with Crippen molar-refractivity contribution >= 4 is 23.3 Å². The lowest BCUT2D eigenvalue weighted by Gasteiger charge is -2.19. The van der Waals surface area contributed by atoms with Gasteiger partial charge >= 0.3 is 5.97 Å². The van der Waals surface area contributed by atoms with E-state index in [9.17, 15) is 14.4 Å². The molecule has 1 amide bonds. The van der Waals surface area contributed by atoms with E-state index in [0.29, 0.717) is 36.0 Å². The zero-order valence-corrected chi connectivity index (χ0v) is 14.3. The number of hydrogen-bond acceptors (Lipinski definition) is 6. The average Bonchev–Trinajstić information content (AvgIpc) is 3.12. The maximum atomic E-state index is 12.2. The Morgan fingerprint density at radius 2 is 1.88 bits per heavy atom. The van der Waals surface area contributed by atoms with Crippen molar-refractivity contribution in [2.24, 2.45) is 0 Å². The number of ketones is 1. The minimum Gasteiger partial charge on any atom is -0.486 e. The van der Waals surface area contributed by atoms with E-state index in [4.69, 9.17) is 14.2 Å². The van der Waals surface area contributed by atoms with Crippen LogP contribution in [0.3, 0.4) is 0 Å². The summed E-state index contributed by atoms with van der Waals surface area (Å²) in [5, 5.41) is 2.66. The highest BCUT2D eigenvalue weighted by atomic mass is 16.6. The van der Waals surface area contributed by atoms with Gasteiger partial charge < -0.3 is 24.5 Å². The van der Waals surface area contributed by atoms with Crippen LogP contribution in [0, 0.1) is 0 Å². The predicted molar refractivity (Wildman–Crippen MR) is 91.7 cm³/mol. The highest BCUT2D eigenvalue weighted by Gasteiger charge is 2.21. The molecule has 1 aromatic heterocycles. The Balaban J connectivity index is 1.60. The average molecular weight is 358 g/mol. The summed E-state index contributed by atoms with van der Waals surface area (Å²) in [6.45, 7) is 3.77. The third-order valence-corrected chi connectivity index (χ3v) is 3.77. The number of anilines is 1. The van der Waals surface area contributed by atoms with Crippen molar-refractivity contribution in [1.29, 1.82) is 0 Å². The molecule has 0 fully saturated rings. The van der Waals surface area contributed by atoms with Gasteiger partial charge in [-0.25, -0.2) is 4.79 Å². The van der Waals surface area contributed by atoms with E-state index in [1.807, 2.05) is 0 Å². The van der Waals surface area contributed by atoms with Gasteiger partial charge in [-0.2, -0.15) is 0 Å². The van der Waals surface area contributed by atoms with Crippen molar-refractivity contribution in [2.45, 2.75) is 20.0 Å². The SMILES string of the molecule is CC(=O)c1c[nH]c(C(=O)O[C@H](C)C(=O)Nc2ccc3c(c2)OCCO3)c1. The number of ether oxygens (including phenoxy) is 3. The molecule has 0 aliphatic carbocycles. The number of rotatable bonds is 5. The Morgan fingerprint density at radius 3 is 2.58 bits per heavy atom. The quantitative estimate of drug-likeness (QED) is 0.627. The maximum absolute atomic E-state index is 12.2. The molecule has 1 aliphatic heterocycles. The molecule has 0 spiro atoms. The molecular formula is C18H18N2O6. The first kappa shape index (κ1) is 17.5. The van der Waals surface area contributed by atoms with E-state index >= 15 is 0 Å². The second-order valence-electron chi connectivity index (χ2n) is 5.75. The van der Waals surface area contributed by atoms with E-state index in [-0.39, 0.29) is 11.5 Å². The Morgan fingerprint density at radius 1 is 1.15 bits per heavy atom. The molecule has 8 heteroatoms. The van der Waals surface area contributed by atoms with Crippen LogP contribution in [0.1, 0.15) is 34.7 Å². The fraction of sp³-hybridized carbons (Fsp3) is 0.278. The molecule has 1 atom stereocenters. The van der Waals surface area contributed by atoms with Crippen LogP contribution in [0.5, 0.6) is 11.5 Å².